The molecule has 0 unspecified atom stereocenters. The third kappa shape index (κ3) is 6.69. The van der Waals surface area contributed by atoms with E-state index in [9.17, 15) is 22.4 Å². The van der Waals surface area contributed by atoms with Crippen molar-refractivity contribution in [3.63, 3.8) is 0 Å². The van der Waals surface area contributed by atoms with E-state index in [-0.39, 0.29) is 11.5 Å². The third-order valence-corrected chi connectivity index (χ3v) is 5.74. The molecule has 0 radical (unpaired) electrons. The van der Waals surface area contributed by atoms with E-state index in [4.69, 9.17) is 0 Å². The number of hydrogen-bond acceptors (Lipinski definition) is 4. The van der Waals surface area contributed by atoms with Gasteiger partial charge in [0.05, 0.1) is 17.4 Å². The van der Waals surface area contributed by atoms with Crippen LogP contribution in [-0.2, 0) is 12.7 Å². The van der Waals surface area contributed by atoms with Gasteiger partial charge in [-0.15, -0.1) is 0 Å². The molecule has 3 aromatic rings. The van der Waals surface area contributed by atoms with Gasteiger partial charge in [-0.2, -0.15) is 13.2 Å². The summed E-state index contributed by atoms with van der Waals surface area (Å²) in [6, 6.07) is 13.9. The maximum atomic E-state index is 14.0. The fourth-order valence-electron chi connectivity index (χ4n) is 3.91. The Morgan fingerprint density at radius 3 is 2.29 bits per heavy atom. The van der Waals surface area contributed by atoms with Gasteiger partial charge in [-0.25, -0.2) is 14.2 Å². The molecular formula is C25H25F4N5O. The molecule has 1 aliphatic rings. The number of nitrogens with one attached hydrogen (secondary N) is 2. The van der Waals surface area contributed by atoms with Crippen LogP contribution in [0.15, 0.2) is 66.9 Å². The summed E-state index contributed by atoms with van der Waals surface area (Å²) in [5, 5.41) is 5.12. The van der Waals surface area contributed by atoms with Gasteiger partial charge >= 0.3 is 12.2 Å². The standard InChI is InChI=1S/C25H25F4N5O/c26-22-5-2-1-4-18(22)17-33-12-3-13-34(15-14-33)23-11-10-21(16-30-23)32-24(35)31-20-8-6-19(7-9-20)25(27,28)29/h1-2,4-11,16H,3,12-15,17H2,(H2,31,32,35). The molecule has 2 N–H and O–H groups in total. The van der Waals surface area contributed by atoms with E-state index in [0.29, 0.717) is 17.8 Å². The first kappa shape index (κ1) is 24.5. The van der Waals surface area contributed by atoms with E-state index in [1.54, 1.807) is 24.3 Å². The van der Waals surface area contributed by atoms with Crippen molar-refractivity contribution in [2.75, 3.05) is 41.7 Å². The zero-order valence-electron chi connectivity index (χ0n) is 18.9. The summed E-state index contributed by atoms with van der Waals surface area (Å²) in [5.41, 5.74) is 0.593. The highest BCUT2D eigenvalue weighted by atomic mass is 19.4. The van der Waals surface area contributed by atoms with Crippen LogP contribution in [0.2, 0.25) is 0 Å². The average molecular weight is 488 g/mol. The zero-order valence-corrected chi connectivity index (χ0v) is 18.9. The number of pyridine rings is 1. The highest BCUT2D eigenvalue weighted by molar-refractivity contribution is 5.99. The summed E-state index contributed by atoms with van der Waals surface area (Å²) in [7, 11) is 0. The van der Waals surface area contributed by atoms with Crippen molar-refractivity contribution in [3.8, 4) is 0 Å². The van der Waals surface area contributed by atoms with E-state index in [2.05, 4.69) is 25.4 Å². The molecule has 2 aromatic carbocycles. The summed E-state index contributed by atoms with van der Waals surface area (Å²) in [4.78, 5) is 21.0. The Balaban J connectivity index is 1.29. The number of alkyl halides is 3. The lowest BCUT2D eigenvalue weighted by molar-refractivity contribution is -0.137. The minimum atomic E-state index is -4.43. The quantitative estimate of drug-likeness (QED) is 0.461. The number of aromatic nitrogens is 1. The number of halogens is 4. The molecule has 0 saturated carbocycles. The second-order valence-electron chi connectivity index (χ2n) is 8.27. The Morgan fingerprint density at radius 2 is 1.60 bits per heavy atom. The van der Waals surface area contributed by atoms with Gasteiger partial charge in [0, 0.05) is 44.0 Å². The van der Waals surface area contributed by atoms with E-state index < -0.39 is 17.8 Å². The predicted octanol–water partition coefficient (Wildman–Crippen LogP) is 5.60. The van der Waals surface area contributed by atoms with Crippen LogP contribution in [0, 0.1) is 5.82 Å². The maximum absolute atomic E-state index is 14.0. The number of carbonyl (C=O) groups is 1. The molecule has 2 amide bonds. The summed E-state index contributed by atoms with van der Waals surface area (Å²) in [6.45, 7) is 3.73. The SMILES string of the molecule is O=C(Nc1ccc(C(F)(F)F)cc1)Nc1ccc(N2CCCN(Cc3ccccc3F)CC2)nc1. The highest BCUT2D eigenvalue weighted by Gasteiger charge is 2.30. The molecule has 6 nitrogen and oxygen atoms in total. The number of anilines is 3. The van der Waals surface area contributed by atoms with Crippen molar-refractivity contribution in [2.45, 2.75) is 19.1 Å². The van der Waals surface area contributed by atoms with Crippen molar-refractivity contribution >= 4 is 23.2 Å². The molecule has 1 fully saturated rings. The second-order valence-corrected chi connectivity index (χ2v) is 8.27. The van der Waals surface area contributed by atoms with Gasteiger partial charge in [-0.05, 0) is 48.9 Å². The number of carbonyl (C=O) groups excluding carboxylic acids is 1. The molecular weight excluding hydrogens is 462 g/mol. The Morgan fingerprint density at radius 1 is 0.886 bits per heavy atom. The molecule has 1 aliphatic heterocycles. The topological polar surface area (TPSA) is 60.5 Å². The normalized spacial score (nSPS) is 14.9. The number of rotatable bonds is 5. The van der Waals surface area contributed by atoms with Gasteiger partial charge in [-0.3, -0.25) is 4.90 Å². The summed E-state index contributed by atoms with van der Waals surface area (Å²) < 4.78 is 51.9. The van der Waals surface area contributed by atoms with Gasteiger partial charge < -0.3 is 15.5 Å². The van der Waals surface area contributed by atoms with E-state index in [0.717, 1.165) is 50.6 Å². The lowest BCUT2D eigenvalue weighted by atomic mass is 10.2. The highest BCUT2D eigenvalue weighted by Crippen LogP contribution is 2.29. The van der Waals surface area contributed by atoms with Gasteiger partial charge in [0.15, 0.2) is 0 Å². The van der Waals surface area contributed by atoms with Gasteiger partial charge in [0.2, 0.25) is 0 Å². The number of amides is 2. The Labute approximate surface area is 200 Å². The molecule has 1 aromatic heterocycles. The molecule has 1 saturated heterocycles. The smallest absolute Gasteiger partial charge is 0.355 e. The Kier molecular flexibility index (Phi) is 7.50. The molecule has 0 aliphatic carbocycles. The monoisotopic (exact) mass is 487 g/mol. The number of nitrogens with zero attached hydrogens (tertiary/aromatic N) is 3. The van der Waals surface area contributed by atoms with E-state index in [1.165, 1.54) is 24.4 Å². The van der Waals surface area contributed by atoms with E-state index >= 15 is 0 Å². The first-order chi connectivity index (χ1) is 16.8. The van der Waals surface area contributed by atoms with Gasteiger partial charge in [0.1, 0.15) is 11.6 Å². The molecule has 0 atom stereocenters. The van der Waals surface area contributed by atoms with Crippen LogP contribution < -0.4 is 15.5 Å². The first-order valence-corrected chi connectivity index (χ1v) is 11.2. The van der Waals surface area contributed by atoms with Crippen LogP contribution in [0.4, 0.5) is 39.5 Å². The number of urea groups is 1. The van der Waals surface area contributed by atoms with Crippen LogP contribution in [0.5, 0.6) is 0 Å². The molecule has 0 bridgehead atoms. The fourth-order valence-corrected chi connectivity index (χ4v) is 3.91. The van der Waals surface area contributed by atoms with Gasteiger partial charge in [0.25, 0.3) is 0 Å². The van der Waals surface area contributed by atoms with Crippen LogP contribution >= 0.6 is 0 Å². The summed E-state index contributed by atoms with van der Waals surface area (Å²) in [5.74, 6) is 0.576. The van der Waals surface area contributed by atoms with Crippen LogP contribution in [-0.4, -0.2) is 42.1 Å². The van der Waals surface area contributed by atoms with Crippen LogP contribution in [0.3, 0.4) is 0 Å². The van der Waals surface area contributed by atoms with Crippen molar-refractivity contribution in [1.82, 2.24) is 9.88 Å². The molecule has 184 valence electrons. The van der Waals surface area contributed by atoms with Gasteiger partial charge in [-0.1, -0.05) is 18.2 Å². The Bertz CT molecular complexity index is 1140. The fraction of sp³-hybridized carbons (Fsp3) is 0.280. The molecule has 2 heterocycles. The average Bonchev–Trinajstić information content (AvgIpc) is 3.06. The second kappa shape index (κ2) is 10.7. The predicted molar refractivity (Wildman–Crippen MR) is 127 cm³/mol. The minimum absolute atomic E-state index is 0.194. The van der Waals surface area contributed by atoms with Crippen LogP contribution in [0.1, 0.15) is 17.5 Å². The summed E-state index contributed by atoms with van der Waals surface area (Å²) in [6.07, 6.45) is -1.99. The molecule has 10 heteroatoms. The minimum Gasteiger partial charge on any atom is -0.355 e. The van der Waals surface area contributed by atoms with Crippen molar-refractivity contribution in [2.24, 2.45) is 0 Å². The molecule has 35 heavy (non-hydrogen) atoms. The summed E-state index contributed by atoms with van der Waals surface area (Å²) >= 11 is 0. The Hall–Kier alpha value is -3.66. The third-order valence-electron chi connectivity index (χ3n) is 5.74. The molecule has 4 rings (SSSR count). The molecule has 0 spiro atoms. The zero-order chi connectivity index (χ0) is 24.8. The lowest BCUT2D eigenvalue weighted by Crippen LogP contribution is -2.31. The van der Waals surface area contributed by atoms with Crippen molar-refractivity contribution < 1.29 is 22.4 Å². The van der Waals surface area contributed by atoms with E-state index in [1.807, 2.05) is 6.07 Å². The number of benzene rings is 2. The first-order valence-electron chi connectivity index (χ1n) is 11.2. The maximum Gasteiger partial charge on any atom is 0.416 e. The van der Waals surface area contributed by atoms with Crippen molar-refractivity contribution in [3.05, 3.63) is 83.8 Å². The lowest BCUT2D eigenvalue weighted by Gasteiger charge is -2.23. The van der Waals surface area contributed by atoms with Crippen LogP contribution in [0.25, 0.3) is 0 Å². The largest absolute Gasteiger partial charge is 0.416 e. The van der Waals surface area contributed by atoms with Crippen molar-refractivity contribution in [1.29, 1.82) is 0 Å². The number of hydrogen-bond donors (Lipinski definition) is 2.